The normalized spacial score (nSPS) is 18.3. The summed E-state index contributed by atoms with van der Waals surface area (Å²) >= 11 is 6.42. The highest BCUT2D eigenvalue weighted by atomic mass is 35.5. The molecule has 10 heteroatoms. The molecule has 3 rings (SSSR count). The molecular formula is C21H27ClN4O5. The van der Waals surface area contributed by atoms with Crippen LogP contribution < -0.4 is 15.6 Å². The average molecular weight is 451 g/mol. The maximum Gasteiger partial charge on any atom is 0.407 e. The number of benzene rings is 1. The molecule has 2 atom stereocenters. The van der Waals surface area contributed by atoms with E-state index in [-0.39, 0.29) is 30.8 Å². The molecule has 1 saturated heterocycles. The molecule has 31 heavy (non-hydrogen) atoms. The maximum atomic E-state index is 13.3. The molecule has 0 spiro atoms. The van der Waals surface area contributed by atoms with Crippen molar-refractivity contribution in [2.75, 3.05) is 32.1 Å². The van der Waals surface area contributed by atoms with E-state index < -0.39 is 6.09 Å². The highest BCUT2D eigenvalue weighted by Crippen LogP contribution is 2.30. The number of aromatic nitrogens is 2. The minimum Gasteiger partial charge on any atom is -0.497 e. The van der Waals surface area contributed by atoms with Crippen molar-refractivity contribution in [1.82, 2.24) is 14.5 Å². The van der Waals surface area contributed by atoms with Gasteiger partial charge in [-0.25, -0.2) is 9.78 Å². The van der Waals surface area contributed by atoms with E-state index in [0.29, 0.717) is 46.7 Å². The zero-order valence-electron chi connectivity index (χ0n) is 18.0. The van der Waals surface area contributed by atoms with Gasteiger partial charge in [-0.05, 0) is 39.0 Å². The summed E-state index contributed by atoms with van der Waals surface area (Å²) in [4.78, 5) is 30.7. The first-order valence-electron chi connectivity index (χ1n) is 10.1. The van der Waals surface area contributed by atoms with Crippen molar-refractivity contribution in [2.24, 2.45) is 0 Å². The Morgan fingerprint density at radius 3 is 2.68 bits per heavy atom. The van der Waals surface area contributed by atoms with Gasteiger partial charge in [-0.15, -0.1) is 0 Å². The number of carbonyl (C=O) groups is 1. The Morgan fingerprint density at radius 1 is 1.35 bits per heavy atom. The standard InChI is InChI=1S/C21H27ClN4O5/c1-5-26-19(14-8-7-13(30-4)9-15(14)22)23-12(3)18(20(26)27)24-16-10-25(21(28)29)11-17(16)31-6-2/h7-9,16-17,24H,5-6,10-11H2,1-4H3,(H,28,29)/t16-,17+/m1/s1. The Hall–Kier alpha value is -2.78. The maximum absolute atomic E-state index is 13.3. The van der Waals surface area contributed by atoms with Crippen molar-refractivity contribution in [3.63, 3.8) is 0 Å². The lowest BCUT2D eigenvalue weighted by Crippen LogP contribution is -2.38. The molecule has 0 aliphatic carbocycles. The number of carboxylic acid groups (broad SMARTS) is 1. The molecule has 1 aliphatic rings. The number of hydrogen-bond donors (Lipinski definition) is 2. The first-order chi connectivity index (χ1) is 14.8. The number of hydrogen-bond acceptors (Lipinski definition) is 6. The van der Waals surface area contributed by atoms with Gasteiger partial charge in [0.15, 0.2) is 0 Å². The zero-order chi connectivity index (χ0) is 22.7. The Bertz CT molecular complexity index is 1030. The Kier molecular flexibility index (Phi) is 7.07. The lowest BCUT2D eigenvalue weighted by atomic mass is 10.1. The second-order valence-electron chi connectivity index (χ2n) is 7.22. The summed E-state index contributed by atoms with van der Waals surface area (Å²) in [6.07, 6.45) is -1.37. The molecule has 0 saturated carbocycles. The van der Waals surface area contributed by atoms with Gasteiger partial charge in [-0.2, -0.15) is 0 Å². The highest BCUT2D eigenvalue weighted by Gasteiger charge is 2.36. The van der Waals surface area contributed by atoms with Crippen molar-refractivity contribution < 1.29 is 19.4 Å². The van der Waals surface area contributed by atoms with Crippen LogP contribution in [0.4, 0.5) is 10.5 Å². The fourth-order valence-corrected chi connectivity index (χ4v) is 4.02. The molecule has 168 valence electrons. The molecule has 2 heterocycles. The average Bonchev–Trinajstić information content (AvgIpc) is 3.14. The van der Waals surface area contributed by atoms with Crippen molar-refractivity contribution in [3.05, 3.63) is 39.3 Å². The number of aryl methyl sites for hydroxylation is 1. The van der Waals surface area contributed by atoms with Gasteiger partial charge in [-0.1, -0.05) is 11.6 Å². The van der Waals surface area contributed by atoms with Gasteiger partial charge in [0.25, 0.3) is 5.56 Å². The van der Waals surface area contributed by atoms with Crippen LogP contribution in [0.5, 0.6) is 5.75 Å². The van der Waals surface area contributed by atoms with Crippen LogP contribution in [-0.2, 0) is 11.3 Å². The highest BCUT2D eigenvalue weighted by molar-refractivity contribution is 6.33. The Balaban J connectivity index is 2.00. The smallest absolute Gasteiger partial charge is 0.407 e. The van der Waals surface area contributed by atoms with E-state index in [0.717, 1.165) is 0 Å². The predicted molar refractivity (Wildman–Crippen MR) is 118 cm³/mol. The number of ether oxygens (including phenoxy) is 2. The summed E-state index contributed by atoms with van der Waals surface area (Å²) in [5.74, 6) is 1.07. The summed E-state index contributed by atoms with van der Waals surface area (Å²) in [5, 5.41) is 13.0. The summed E-state index contributed by atoms with van der Waals surface area (Å²) in [7, 11) is 1.56. The molecule has 2 aromatic rings. The number of methoxy groups -OCH3 is 1. The van der Waals surface area contributed by atoms with E-state index in [1.807, 2.05) is 13.8 Å². The van der Waals surface area contributed by atoms with E-state index in [9.17, 15) is 14.7 Å². The van der Waals surface area contributed by atoms with Crippen LogP contribution in [0.3, 0.4) is 0 Å². The molecule has 0 bridgehead atoms. The van der Waals surface area contributed by atoms with Gasteiger partial charge in [0.05, 0.1) is 36.5 Å². The summed E-state index contributed by atoms with van der Waals surface area (Å²) in [6.45, 7) is 6.75. The van der Waals surface area contributed by atoms with Gasteiger partial charge in [-0.3, -0.25) is 9.36 Å². The molecule has 1 aliphatic heterocycles. The van der Waals surface area contributed by atoms with Crippen LogP contribution in [0.1, 0.15) is 19.5 Å². The fraction of sp³-hybridized carbons (Fsp3) is 0.476. The lowest BCUT2D eigenvalue weighted by molar-refractivity contribution is 0.0629. The molecular weight excluding hydrogens is 424 g/mol. The van der Waals surface area contributed by atoms with Crippen LogP contribution in [0.25, 0.3) is 11.4 Å². The van der Waals surface area contributed by atoms with Crippen molar-refractivity contribution >= 4 is 23.4 Å². The monoisotopic (exact) mass is 450 g/mol. The van der Waals surface area contributed by atoms with Crippen LogP contribution in [0.15, 0.2) is 23.0 Å². The number of nitrogens with zero attached hydrogens (tertiary/aromatic N) is 3. The number of rotatable bonds is 7. The topological polar surface area (TPSA) is 106 Å². The second-order valence-corrected chi connectivity index (χ2v) is 7.63. The first kappa shape index (κ1) is 22.9. The molecule has 9 nitrogen and oxygen atoms in total. The van der Waals surface area contributed by atoms with Gasteiger partial charge >= 0.3 is 6.09 Å². The third-order valence-corrected chi connectivity index (χ3v) is 5.64. The van der Waals surface area contributed by atoms with Crippen molar-refractivity contribution in [1.29, 1.82) is 0 Å². The number of amides is 1. The molecule has 1 fully saturated rings. The molecule has 1 amide bonds. The third kappa shape index (κ3) is 4.62. The lowest BCUT2D eigenvalue weighted by Gasteiger charge is -2.22. The van der Waals surface area contributed by atoms with E-state index in [4.69, 9.17) is 21.1 Å². The van der Waals surface area contributed by atoms with E-state index in [1.54, 1.807) is 36.8 Å². The summed E-state index contributed by atoms with van der Waals surface area (Å²) < 4.78 is 12.5. The van der Waals surface area contributed by atoms with Gasteiger partial charge < -0.3 is 24.8 Å². The molecule has 2 N–H and O–H groups in total. The Morgan fingerprint density at radius 2 is 2.10 bits per heavy atom. The van der Waals surface area contributed by atoms with E-state index in [1.165, 1.54) is 4.90 Å². The first-order valence-corrected chi connectivity index (χ1v) is 10.5. The molecule has 1 aromatic heterocycles. The molecule has 1 aromatic carbocycles. The largest absolute Gasteiger partial charge is 0.497 e. The van der Waals surface area contributed by atoms with Crippen molar-refractivity contribution in [2.45, 2.75) is 39.5 Å². The van der Waals surface area contributed by atoms with Crippen LogP contribution in [0.2, 0.25) is 5.02 Å². The quantitative estimate of drug-likeness (QED) is 0.667. The van der Waals surface area contributed by atoms with Gasteiger partial charge in [0.2, 0.25) is 0 Å². The Labute approximate surface area is 185 Å². The number of nitrogens with one attached hydrogen (secondary N) is 1. The molecule has 0 radical (unpaired) electrons. The van der Waals surface area contributed by atoms with Crippen LogP contribution in [-0.4, -0.2) is 64.6 Å². The van der Waals surface area contributed by atoms with Crippen LogP contribution >= 0.6 is 11.6 Å². The summed E-state index contributed by atoms with van der Waals surface area (Å²) in [5.41, 5.74) is 1.21. The number of anilines is 1. The van der Waals surface area contributed by atoms with Gasteiger partial charge in [0.1, 0.15) is 17.3 Å². The van der Waals surface area contributed by atoms with Crippen LogP contribution in [0, 0.1) is 6.92 Å². The van der Waals surface area contributed by atoms with Crippen molar-refractivity contribution in [3.8, 4) is 17.1 Å². The summed E-state index contributed by atoms with van der Waals surface area (Å²) in [6, 6.07) is 4.86. The minimum atomic E-state index is -1.01. The van der Waals surface area contributed by atoms with E-state index in [2.05, 4.69) is 10.3 Å². The number of halogens is 1. The second kappa shape index (κ2) is 9.57. The SMILES string of the molecule is CCO[C@H]1CN(C(=O)O)C[C@H]1Nc1c(C)nc(-c2ccc(OC)cc2Cl)n(CC)c1=O. The van der Waals surface area contributed by atoms with Gasteiger partial charge in [0, 0.05) is 25.3 Å². The zero-order valence-corrected chi connectivity index (χ0v) is 18.8. The minimum absolute atomic E-state index is 0.219. The third-order valence-electron chi connectivity index (χ3n) is 5.33. The molecule has 0 unspecified atom stereocenters. The predicted octanol–water partition coefficient (Wildman–Crippen LogP) is 3.08. The fourth-order valence-electron chi connectivity index (χ4n) is 3.77. The van der Waals surface area contributed by atoms with E-state index >= 15 is 0 Å². The number of likely N-dealkylation sites (tertiary alicyclic amines) is 1.